The van der Waals surface area contributed by atoms with Gasteiger partial charge in [-0.05, 0) is 43.5 Å². The van der Waals surface area contributed by atoms with Crippen LogP contribution in [-0.2, 0) is 4.79 Å². The number of ether oxygens (including phenoxy) is 1. The topological polar surface area (TPSA) is 62.1 Å². The van der Waals surface area contributed by atoms with E-state index in [1.54, 1.807) is 12.1 Å². The van der Waals surface area contributed by atoms with Gasteiger partial charge < -0.3 is 10.1 Å². The van der Waals surface area contributed by atoms with Crippen molar-refractivity contribution >= 4 is 11.6 Å². The number of hydrogen-bond donors (Lipinski definition) is 1. The second kappa shape index (κ2) is 5.09. The standard InChI is InChI=1S/C14H16N2O2/c1-2-9-18-12-5-3-11(4-6-12)16-13(17)14(10-15)7-8-14/h3-6H,2,7-9H2,1H3,(H,16,17). The highest BCUT2D eigenvalue weighted by atomic mass is 16.5. The quantitative estimate of drug-likeness (QED) is 0.866. The first-order valence-electron chi connectivity index (χ1n) is 6.16. The minimum Gasteiger partial charge on any atom is -0.494 e. The molecule has 1 aliphatic rings. The Morgan fingerprint density at radius 1 is 1.44 bits per heavy atom. The lowest BCUT2D eigenvalue weighted by Crippen LogP contribution is -2.22. The normalized spacial score (nSPS) is 15.6. The molecule has 0 saturated heterocycles. The largest absolute Gasteiger partial charge is 0.494 e. The summed E-state index contributed by atoms with van der Waals surface area (Å²) >= 11 is 0. The molecule has 94 valence electrons. The van der Waals surface area contributed by atoms with E-state index in [4.69, 9.17) is 10.00 Å². The van der Waals surface area contributed by atoms with Crippen LogP contribution in [0.4, 0.5) is 5.69 Å². The predicted molar refractivity (Wildman–Crippen MR) is 68.1 cm³/mol. The molecule has 18 heavy (non-hydrogen) atoms. The summed E-state index contributed by atoms with van der Waals surface area (Å²) in [4.78, 5) is 11.8. The fraction of sp³-hybridized carbons (Fsp3) is 0.429. The second-order valence-electron chi connectivity index (χ2n) is 4.52. The van der Waals surface area contributed by atoms with Crippen LogP contribution in [-0.4, -0.2) is 12.5 Å². The molecule has 2 rings (SSSR count). The van der Waals surface area contributed by atoms with Gasteiger partial charge in [-0.2, -0.15) is 5.26 Å². The van der Waals surface area contributed by atoms with Crippen LogP contribution in [0.3, 0.4) is 0 Å². The van der Waals surface area contributed by atoms with Gasteiger partial charge in [0, 0.05) is 5.69 Å². The lowest BCUT2D eigenvalue weighted by molar-refractivity contribution is -0.119. The summed E-state index contributed by atoms with van der Waals surface area (Å²) in [6, 6.07) is 9.28. The van der Waals surface area contributed by atoms with Crippen molar-refractivity contribution in [2.24, 2.45) is 5.41 Å². The van der Waals surface area contributed by atoms with E-state index in [2.05, 4.69) is 11.4 Å². The van der Waals surface area contributed by atoms with E-state index in [-0.39, 0.29) is 5.91 Å². The molecule has 1 aliphatic carbocycles. The highest BCUT2D eigenvalue weighted by Gasteiger charge is 2.50. The van der Waals surface area contributed by atoms with Crippen molar-refractivity contribution in [2.45, 2.75) is 26.2 Å². The van der Waals surface area contributed by atoms with Crippen LogP contribution in [0.5, 0.6) is 5.75 Å². The van der Waals surface area contributed by atoms with Gasteiger partial charge in [-0.3, -0.25) is 4.79 Å². The maximum absolute atomic E-state index is 11.8. The molecular formula is C14H16N2O2. The van der Waals surface area contributed by atoms with Crippen molar-refractivity contribution in [3.05, 3.63) is 24.3 Å². The Hall–Kier alpha value is -2.02. The molecule has 1 fully saturated rings. The van der Waals surface area contributed by atoms with E-state index in [1.165, 1.54) is 0 Å². The number of nitriles is 1. The van der Waals surface area contributed by atoms with Gasteiger partial charge in [0.15, 0.2) is 0 Å². The fourth-order valence-electron chi connectivity index (χ4n) is 1.62. The van der Waals surface area contributed by atoms with Crippen molar-refractivity contribution in [3.8, 4) is 11.8 Å². The summed E-state index contributed by atoms with van der Waals surface area (Å²) in [5.74, 6) is 0.587. The van der Waals surface area contributed by atoms with Crippen LogP contribution in [0, 0.1) is 16.7 Å². The number of rotatable bonds is 5. The number of hydrogen-bond acceptors (Lipinski definition) is 3. The van der Waals surface area contributed by atoms with E-state index in [1.807, 2.05) is 19.1 Å². The van der Waals surface area contributed by atoms with Gasteiger partial charge in [0.1, 0.15) is 11.2 Å². The Labute approximate surface area is 107 Å². The molecule has 1 amide bonds. The number of carbonyl (C=O) groups excluding carboxylic acids is 1. The third-order valence-electron chi connectivity index (χ3n) is 2.98. The molecule has 1 saturated carbocycles. The number of benzene rings is 1. The molecule has 0 aliphatic heterocycles. The van der Waals surface area contributed by atoms with Crippen LogP contribution in [0.2, 0.25) is 0 Å². The maximum Gasteiger partial charge on any atom is 0.244 e. The first-order chi connectivity index (χ1) is 8.70. The van der Waals surface area contributed by atoms with Gasteiger partial charge in [0.25, 0.3) is 0 Å². The average molecular weight is 244 g/mol. The number of nitrogens with zero attached hydrogens (tertiary/aromatic N) is 1. The summed E-state index contributed by atoms with van der Waals surface area (Å²) < 4.78 is 5.45. The highest BCUT2D eigenvalue weighted by Crippen LogP contribution is 2.45. The van der Waals surface area contributed by atoms with Crippen LogP contribution in [0.15, 0.2) is 24.3 Å². The molecule has 0 bridgehead atoms. The molecule has 0 aromatic heterocycles. The highest BCUT2D eigenvalue weighted by molar-refractivity contribution is 5.99. The third-order valence-corrected chi connectivity index (χ3v) is 2.98. The molecule has 0 heterocycles. The summed E-state index contributed by atoms with van der Waals surface area (Å²) in [6.45, 7) is 2.73. The van der Waals surface area contributed by atoms with Crippen LogP contribution in [0.25, 0.3) is 0 Å². The van der Waals surface area contributed by atoms with E-state index >= 15 is 0 Å². The molecular weight excluding hydrogens is 228 g/mol. The summed E-state index contributed by atoms with van der Waals surface area (Å²) in [5, 5.41) is 11.7. The third kappa shape index (κ3) is 2.62. The van der Waals surface area contributed by atoms with Gasteiger partial charge in [-0.25, -0.2) is 0 Å². The lowest BCUT2D eigenvalue weighted by Gasteiger charge is -2.09. The van der Waals surface area contributed by atoms with E-state index in [9.17, 15) is 4.79 Å². The minimum atomic E-state index is -0.780. The van der Waals surface area contributed by atoms with Crippen molar-refractivity contribution in [1.29, 1.82) is 5.26 Å². The van der Waals surface area contributed by atoms with Gasteiger partial charge in [-0.1, -0.05) is 6.92 Å². The first-order valence-corrected chi connectivity index (χ1v) is 6.16. The zero-order chi connectivity index (χ0) is 13.0. The van der Waals surface area contributed by atoms with E-state index in [0.717, 1.165) is 12.2 Å². The Balaban J connectivity index is 1.94. The number of nitrogens with one attached hydrogen (secondary N) is 1. The number of carbonyl (C=O) groups is 1. The minimum absolute atomic E-state index is 0.202. The summed E-state index contributed by atoms with van der Waals surface area (Å²) in [5.41, 5.74) is -0.0810. The van der Waals surface area contributed by atoms with Crippen molar-refractivity contribution < 1.29 is 9.53 Å². The average Bonchev–Trinajstić information content (AvgIpc) is 3.19. The van der Waals surface area contributed by atoms with Crippen LogP contribution >= 0.6 is 0 Å². The van der Waals surface area contributed by atoms with E-state index < -0.39 is 5.41 Å². The Kier molecular flexibility index (Phi) is 3.52. The van der Waals surface area contributed by atoms with Gasteiger partial charge in [0.05, 0.1) is 12.7 Å². The zero-order valence-electron chi connectivity index (χ0n) is 10.4. The Morgan fingerprint density at radius 2 is 2.11 bits per heavy atom. The molecule has 4 nitrogen and oxygen atoms in total. The zero-order valence-corrected chi connectivity index (χ0v) is 10.4. The van der Waals surface area contributed by atoms with Crippen molar-refractivity contribution in [1.82, 2.24) is 0 Å². The van der Waals surface area contributed by atoms with Gasteiger partial charge in [-0.15, -0.1) is 0 Å². The molecule has 4 heteroatoms. The first kappa shape index (κ1) is 12.4. The van der Waals surface area contributed by atoms with E-state index in [0.29, 0.717) is 25.1 Å². The Morgan fingerprint density at radius 3 is 2.61 bits per heavy atom. The van der Waals surface area contributed by atoms with Crippen molar-refractivity contribution in [3.63, 3.8) is 0 Å². The number of anilines is 1. The Bertz CT molecular complexity index is 470. The van der Waals surface area contributed by atoms with Gasteiger partial charge in [0.2, 0.25) is 5.91 Å². The van der Waals surface area contributed by atoms with Gasteiger partial charge >= 0.3 is 0 Å². The molecule has 1 aromatic rings. The van der Waals surface area contributed by atoms with Crippen LogP contribution < -0.4 is 10.1 Å². The summed E-state index contributed by atoms with van der Waals surface area (Å²) in [6.07, 6.45) is 2.28. The SMILES string of the molecule is CCCOc1ccc(NC(=O)C2(C#N)CC2)cc1. The molecule has 0 radical (unpaired) electrons. The lowest BCUT2D eigenvalue weighted by atomic mass is 10.1. The van der Waals surface area contributed by atoms with Crippen molar-refractivity contribution in [2.75, 3.05) is 11.9 Å². The fourth-order valence-corrected chi connectivity index (χ4v) is 1.62. The maximum atomic E-state index is 11.8. The summed E-state index contributed by atoms with van der Waals surface area (Å²) in [7, 11) is 0. The smallest absolute Gasteiger partial charge is 0.244 e. The molecule has 0 atom stereocenters. The monoisotopic (exact) mass is 244 g/mol. The van der Waals surface area contributed by atoms with Crippen LogP contribution in [0.1, 0.15) is 26.2 Å². The molecule has 1 N–H and O–H groups in total. The molecule has 0 unspecified atom stereocenters. The predicted octanol–water partition coefficient (Wildman–Crippen LogP) is 2.72. The second-order valence-corrected chi connectivity index (χ2v) is 4.52. The molecule has 0 spiro atoms. The molecule has 1 aromatic carbocycles. The number of amides is 1.